The summed E-state index contributed by atoms with van der Waals surface area (Å²) in [7, 11) is 0. The van der Waals surface area contributed by atoms with Gasteiger partial charge in [0.25, 0.3) is 0 Å². The van der Waals surface area contributed by atoms with Gasteiger partial charge in [-0.1, -0.05) is 19.1 Å². The van der Waals surface area contributed by atoms with E-state index in [1.807, 2.05) is 12.1 Å². The zero-order valence-corrected chi connectivity index (χ0v) is 9.32. The van der Waals surface area contributed by atoms with E-state index >= 15 is 0 Å². The van der Waals surface area contributed by atoms with Crippen LogP contribution >= 0.6 is 0 Å². The van der Waals surface area contributed by atoms with Crippen LogP contribution in [0.3, 0.4) is 0 Å². The van der Waals surface area contributed by atoms with Gasteiger partial charge in [-0.25, -0.2) is 0 Å². The van der Waals surface area contributed by atoms with Crippen molar-refractivity contribution < 1.29 is 5.11 Å². The van der Waals surface area contributed by atoms with Crippen LogP contribution in [-0.2, 0) is 6.61 Å². The lowest BCUT2D eigenvalue weighted by atomic mass is 9.99. The van der Waals surface area contributed by atoms with Gasteiger partial charge in [-0.05, 0) is 36.5 Å². The molecule has 1 aromatic carbocycles. The highest BCUT2D eigenvalue weighted by molar-refractivity contribution is 5.47. The minimum atomic E-state index is 0.136. The number of anilines is 1. The van der Waals surface area contributed by atoms with Gasteiger partial charge < -0.3 is 10.0 Å². The van der Waals surface area contributed by atoms with Gasteiger partial charge in [0.15, 0.2) is 0 Å². The predicted molar refractivity (Wildman–Crippen MR) is 63.0 cm³/mol. The van der Waals surface area contributed by atoms with Crippen molar-refractivity contribution in [2.75, 3.05) is 18.0 Å². The van der Waals surface area contributed by atoms with Gasteiger partial charge in [0.2, 0.25) is 0 Å². The molecule has 1 aliphatic rings. The minimum absolute atomic E-state index is 0.136. The fourth-order valence-corrected chi connectivity index (χ4v) is 2.24. The lowest BCUT2D eigenvalue weighted by Crippen LogP contribution is -2.34. The van der Waals surface area contributed by atoms with Crippen molar-refractivity contribution in [1.82, 2.24) is 0 Å². The Morgan fingerprint density at radius 1 is 1.33 bits per heavy atom. The molecule has 0 aliphatic carbocycles. The van der Waals surface area contributed by atoms with Crippen LogP contribution in [0.4, 0.5) is 5.69 Å². The highest BCUT2D eigenvalue weighted by Gasteiger charge is 2.16. The van der Waals surface area contributed by atoms with E-state index in [9.17, 15) is 0 Å². The maximum Gasteiger partial charge on any atom is 0.0681 e. The van der Waals surface area contributed by atoms with E-state index < -0.39 is 0 Å². The SMILES string of the molecule is CC1CCCN(c2ccc(CO)cc2)C1. The molecule has 0 radical (unpaired) electrons. The number of aliphatic hydroxyl groups excluding tert-OH is 1. The van der Waals surface area contributed by atoms with E-state index in [2.05, 4.69) is 24.0 Å². The van der Waals surface area contributed by atoms with Gasteiger partial charge in [-0.15, -0.1) is 0 Å². The average molecular weight is 205 g/mol. The van der Waals surface area contributed by atoms with Crippen LogP contribution in [0.2, 0.25) is 0 Å². The molecular weight excluding hydrogens is 186 g/mol. The van der Waals surface area contributed by atoms with Gasteiger partial charge in [0, 0.05) is 18.8 Å². The Bertz CT molecular complexity index is 307. The first-order valence-corrected chi connectivity index (χ1v) is 5.74. The molecular formula is C13H19NO. The van der Waals surface area contributed by atoms with Crippen molar-refractivity contribution in [1.29, 1.82) is 0 Å². The molecule has 2 rings (SSSR count). The normalized spacial score (nSPS) is 21.7. The van der Waals surface area contributed by atoms with E-state index in [1.165, 1.54) is 31.6 Å². The van der Waals surface area contributed by atoms with Crippen molar-refractivity contribution in [2.45, 2.75) is 26.4 Å². The first-order valence-electron chi connectivity index (χ1n) is 5.74. The molecule has 0 bridgehead atoms. The van der Waals surface area contributed by atoms with E-state index in [-0.39, 0.29) is 6.61 Å². The molecule has 1 atom stereocenters. The Morgan fingerprint density at radius 3 is 2.67 bits per heavy atom. The maximum atomic E-state index is 8.97. The molecule has 1 unspecified atom stereocenters. The first kappa shape index (κ1) is 10.5. The van der Waals surface area contributed by atoms with Crippen LogP contribution in [-0.4, -0.2) is 18.2 Å². The fraction of sp³-hybridized carbons (Fsp3) is 0.538. The second-order valence-electron chi connectivity index (χ2n) is 4.52. The number of nitrogens with zero attached hydrogens (tertiary/aromatic N) is 1. The zero-order chi connectivity index (χ0) is 10.7. The third kappa shape index (κ3) is 2.51. The molecule has 1 aromatic rings. The summed E-state index contributed by atoms with van der Waals surface area (Å²) in [5.41, 5.74) is 2.28. The molecule has 1 N–H and O–H groups in total. The lowest BCUT2D eigenvalue weighted by molar-refractivity contribution is 0.282. The van der Waals surface area contributed by atoms with Gasteiger partial charge in [0.05, 0.1) is 6.61 Å². The van der Waals surface area contributed by atoms with Crippen molar-refractivity contribution in [2.24, 2.45) is 5.92 Å². The molecule has 0 amide bonds. The number of hydrogen-bond acceptors (Lipinski definition) is 2. The maximum absolute atomic E-state index is 8.97. The summed E-state index contributed by atoms with van der Waals surface area (Å²) in [6, 6.07) is 8.25. The molecule has 2 nitrogen and oxygen atoms in total. The Labute approximate surface area is 91.5 Å². The first-order chi connectivity index (χ1) is 7.29. The summed E-state index contributed by atoms with van der Waals surface area (Å²) in [6.07, 6.45) is 2.65. The Balaban J connectivity index is 2.07. The van der Waals surface area contributed by atoms with Crippen LogP contribution in [0, 0.1) is 5.92 Å². The summed E-state index contributed by atoms with van der Waals surface area (Å²) in [4.78, 5) is 2.44. The van der Waals surface area contributed by atoms with Gasteiger partial charge in [-0.2, -0.15) is 0 Å². The average Bonchev–Trinajstić information content (AvgIpc) is 2.29. The van der Waals surface area contributed by atoms with Crippen LogP contribution in [0.1, 0.15) is 25.3 Å². The smallest absolute Gasteiger partial charge is 0.0681 e. The molecule has 82 valence electrons. The fourth-order valence-electron chi connectivity index (χ4n) is 2.24. The third-order valence-corrected chi connectivity index (χ3v) is 3.14. The van der Waals surface area contributed by atoms with E-state index in [0.717, 1.165) is 11.5 Å². The van der Waals surface area contributed by atoms with Gasteiger partial charge in [0.1, 0.15) is 0 Å². The number of hydrogen-bond donors (Lipinski definition) is 1. The number of aliphatic hydroxyl groups is 1. The molecule has 0 aromatic heterocycles. The van der Waals surface area contributed by atoms with Crippen LogP contribution in [0.5, 0.6) is 0 Å². The third-order valence-electron chi connectivity index (χ3n) is 3.14. The van der Waals surface area contributed by atoms with E-state index in [0.29, 0.717) is 0 Å². The Hall–Kier alpha value is -1.02. The summed E-state index contributed by atoms with van der Waals surface area (Å²) < 4.78 is 0. The van der Waals surface area contributed by atoms with Crippen molar-refractivity contribution in [3.05, 3.63) is 29.8 Å². The largest absolute Gasteiger partial charge is 0.392 e. The number of benzene rings is 1. The lowest BCUT2D eigenvalue weighted by Gasteiger charge is -2.32. The highest BCUT2D eigenvalue weighted by atomic mass is 16.3. The Kier molecular flexibility index (Phi) is 3.27. The van der Waals surface area contributed by atoms with Gasteiger partial charge in [-0.3, -0.25) is 0 Å². The van der Waals surface area contributed by atoms with Crippen molar-refractivity contribution in [3.8, 4) is 0 Å². The summed E-state index contributed by atoms with van der Waals surface area (Å²) in [5.74, 6) is 0.802. The minimum Gasteiger partial charge on any atom is -0.392 e. The van der Waals surface area contributed by atoms with Crippen LogP contribution in [0.25, 0.3) is 0 Å². The van der Waals surface area contributed by atoms with Crippen LogP contribution < -0.4 is 4.90 Å². The van der Waals surface area contributed by atoms with E-state index in [1.54, 1.807) is 0 Å². The highest BCUT2D eigenvalue weighted by Crippen LogP contribution is 2.22. The summed E-state index contributed by atoms with van der Waals surface area (Å²) >= 11 is 0. The van der Waals surface area contributed by atoms with Crippen LogP contribution in [0.15, 0.2) is 24.3 Å². The standard InChI is InChI=1S/C13H19NO/c1-11-3-2-8-14(9-11)13-6-4-12(10-15)5-7-13/h4-7,11,15H,2-3,8-10H2,1H3. The monoisotopic (exact) mass is 205 g/mol. The topological polar surface area (TPSA) is 23.5 Å². The summed E-state index contributed by atoms with van der Waals surface area (Å²) in [6.45, 7) is 4.78. The second-order valence-corrected chi connectivity index (χ2v) is 4.52. The molecule has 15 heavy (non-hydrogen) atoms. The number of rotatable bonds is 2. The Morgan fingerprint density at radius 2 is 2.07 bits per heavy atom. The molecule has 2 heteroatoms. The predicted octanol–water partition coefficient (Wildman–Crippen LogP) is 2.42. The summed E-state index contributed by atoms with van der Waals surface area (Å²) in [5, 5.41) is 8.97. The quantitative estimate of drug-likeness (QED) is 0.801. The molecule has 0 saturated carbocycles. The zero-order valence-electron chi connectivity index (χ0n) is 9.32. The number of piperidine rings is 1. The molecule has 1 aliphatic heterocycles. The molecule has 1 saturated heterocycles. The van der Waals surface area contributed by atoms with Crippen molar-refractivity contribution >= 4 is 5.69 Å². The molecule has 1 fully saturated rings. The molecule has 1 heterocycles. The van der Waals surface area contributed by atoms with Crippen molar-refractivity contribution in [3.63, 3.8) is 0 Å². The van der Waals surface area contributed by atoms with E-state index in [4.69, 9.17) is 5.11 Å². The second kappa shape index (κ2) is 4.67. The molecule has 0 spiro atoms. The van der Waals surface area contributed by atoms with Gasteiger partial charge >= 0.3 is 0 Å².